The molecule has 1 aromatic carbocycles. The number of rotatable bonds is 4. The summed E-state index contributed by atoms with van der Waals surface area (Å²) in [5.74, 6) is -0.200. The van der Waals surface area contributed by atoms with Gasteiger partial charge in [0.25, 0.3) is 5.69 Å². The molecule has 0 aromatic heterocycles. The first-order valence-corrected chi connectivity index (χ1v) is 7.07. The fourth-order valence-electron chi connectivity index (χ4n) is 2.44. The van der Waals surface area contributed by atoms with Gasteiger partial charge >= 0.3 is 5.97 Å². The molecule has 1 aliphatic carbocycles. The molecule has 0 N–H and O–H groups in total. The number of esters is 1. The summed E-state index contributed by atoms with van der Waals surface area (Å²) >= 11 is 5.88. The minimum absolute atomic E-state index is 0.0525. The van der Waals surface area contributed by atoms with Crippen LogP contribution in [-0.4, -0.2) is 17.5 Å². The Hall–Kier alpha value is -1.62. The number of halogens is 1. The summed E-state index contributed by atoms with van der Waals surface area (Å²) in [6.45, 7) is 0.359. The molecule has 0 aliphatic heterocycles. The third kappa shape index (κ3) is 3.48. The van der Waals surface area contributed by atoms with Crippen LogP contribution in [-0.2, 0) is 4.74 Å². The molecule has 5 nitrogen and oxygen atoms in total. The largest absolute Gasteiger partial charge is 0.462 e. The van der Waals surface area contributed by atoms with Crippen LogP contribution in [0.25, 0.3) is 0 Å². The second-order valence-electron chi connectivity index (χ2n) is 5.00. The smallest absolute Gasteiger partial charge is 0.339 e. The number of hydrogen-bond donors (Lipinski definition) is 0. The van der Waals surface area contributed by atoms with E-state index in [-0.39, 0.29) is 16.3 Å². The topological polar surface area (TPSA) is 69.4 Å². The SMILES string of the molecule is O=C(OCC1CCCCC1)c1cccc([N+](=O)[O-])c1Cl. The van der Waals surface area contributed by atoms with Gasteiger partial charge in [0.15, 0.2) is 0 Å². The van der Waals surface area contributed by atoms with Gasteiger partial charge in [0, 0.05) is 6.07 Å². The van der Waals surface area contributed by atoms with Crippen molar-refractivity contribution in [2.45, 2.75) is 32.1 Å². The first-order valence-electron chi connectivity index (χ1n) is 6.69. The maximum absolute atomic E-state index is 12.0. The molecule has 0 saturated heterocycles. The molecule has 0 heterocycles. The predicted octanol–water partition coefficient (Wildman–Crippen LogP) is 3.99. The van der Waals surface area contributed by atoms with Crippen molar-refractivity contribution in [3.05, 3.63) is 38.9 Å². The number of nitro benzene ring substituents is 1. The third-order valence-corrected chi connectivity index (χ3v) is 3.97. The molecular formula is C14H16ClNO4. The van der Waals surface area contributed by atoms with Gasteiger partial charge in [0.2, 0.25) is 0 Å². The van der Waals surface area contributed by atoms with E-state index in [1.165, 1.54) is 37.5 Å². The Labute approximate surface area is 122 Å². The maximum Gasteiger partial charge on any atom is 0.339 e. The van der Waals surface area contributed by atoms with Gasteiger partial charge in [0.1, 0.15) is 5.02 Å². The van der Waals surface area contributed by atoms with Crippen molar-refractivity contribution >= 4 is 23.3 Å². The summed E-state index contributed by atoms with van der Waals surface area (Å²) in [5, 5.41) is 10.6. The highest BCUT2D eigenvalue weighted by Crippen LogP contribution is 2.29. The molecule has 0 bridgehead atoms. The number of hydrogen-bond acceptors (Lipinski definition) is 4. The van der Waals surface area contributed by atoms with E-state index in [0.29, 0.717) is 12.5 Å². The lowest BCUT2D eigenvalue weighted by molar-refractivity contribution is -0.384. The van der Waals surface area contributed by atoms with Gasteiger partial charge in [-0.15, -0.1) is 0 Å². The second kappa shape index (κ2) is 6.70. The highest BCUT2D eigenvalue weighted by Gasteiger charge is 2.22. The second-order valence-corrected chi connectivity index (χ2v) is 5.38. The first-order chi connectivity index (χ1) is 9.59. The molecule has 0 atom stereocenters. The Morgan fingerprint density at radius 3 is 2.70 bits per heavy atom. The molecule has 20 heavy (non-hydrogen) atoms. The van der Waals surface area contributed by atoms with Gasteiger partial charge in [-0.2, -0.15) is 0 Å². The van der Waals surface area contributed by atoms with Crippen LogP contribution in [0.2, 0.25) is 5.02 Å². The fourth-order valence-corrected chi connectivity index (χ4v) is 2.72. The standard InChI is InChI=1S/C14H16ClNO4/c15-13-11(7-4-8-12(13)16(18)19)14(17)20-9-10-5-2-1-3-6-10/h4,7-8,10H,1-3,5-6,9H2. The van der Waals surface area contributed by atoms with Crippen LogP contribution in [0.4, 0.5) is 5.69 Å². The average Bonchev–Trinajstić information content (AvgIpc) is 2.46. The van der Waals surface area contributed by atoms with Crippen molar-refractivity contribution in [2.24, 2.45) is 5.92 Å². The summed E-state index contributed by atoms with van der Waals surface area (Å²) in [6.07, 6.45) is 5.70. The van der Waals surface area contributed by atoms with Crippen LogP contribution < -0.4 is 0 Å². The summed E-state index contributed by atoms with van der Waals surface area (Å²) in [6, 6.07) is 4.14. The van der Waals surface area contributed by atoms with Crippen LogP contribution in [0.1, 0.15) is 42.5 Å². The monoisotopic (exact) mass is 297 g/mol. The van der Waals surface area contributed by atoms with Gasteiger partial charge < -0.3 is 4.74 Å². The fraction of sp³-hybridized carbons (Fsp3) is 0.500. The number of benzene rings is 1. The molecule has 0 spiro atoms. The van der Waals surface area contributed by atoms with E-state index in [1.54, 1.807) is 0 Å². The molecule has 1 fully saturated rings. The molecule has 1 saturated carbocycles. The minimum Gasteiger partial charge on any atom is -0.462 e. The highest BCUT2D eigenvalue weighted by molar-refractivity contribution is 6.35. The number of carbonyl (C=O) groups excluding carboxylic acids is 1. The van der Waals surface area contributed by atoms with Gasteiger partial charge in [-0.25, -0.2) is 4.79 Å². The highest BCUT2D eigenvalue weighted by atomic mass is 35.5. The lowest BCUT2D eigenvalue weighted by atomic mass is 9.90. The Balaban J connectivity index is 2.01. The van der Waals surface area contributed by atoms with Crippen LogP contribution in [0.15, 0.2) is 18.2 Å². The lowest BCUT2D eigenvalue weighted by Gasteiger charge is -2.21. The Morgan fingerprint density at radius 1 is 1.35 bits per heavy atom. The van der Waals surface area contributed by atoms with E-state index in [9.17, 15) is 14.9 Å². The quantitative estimate of drug-likeness (QED) is 0.479. The third-order valence-electron chi connectivity index (χ3n) is 3.57. The molecule has 1 aliphatic rings. The molecule has 6 heteroatoms. The average molecular weight is 298 g/mol. The summed E-state index contributed by atoms with van der Waals surface area (Å²) in [7, 11) is 0. The zero-order valence-corrected chi connectivity index (χ0v) is 11.8. The molecule has 2 rings (SSSR count). The normalized spacial score (nSPS) is 15.8. The van der Waals surface area contributed by atoms with Crippen molar-refractivity contribution in [1.82, 2.24) is 0 Å². The molecule has 108 valence electrons. The molecule has 0 radical (unpaired) electrons. The zero-order chi connectivity index (χ0) is 14.5. The van der Waals surface area contributed by atoms with Crippen LogP contribution >= 0.6 is 11.6 Å². The van der Waals surface area contributed by atoms with E-state index in [4.69, 9.17) is 16.3 Å². The number of ether oxygens (including phenoxy) is 1. The van der Waals surface area contributed by atoms with Gasteiger partial charge in [-0.3, -0.25) is 10.1 Å². The van der Waals surface area contributed by atoms with Crippen molar-refractivity contribution in [1.29, 1.82) is 0 Å². The molecule has 1 aromatic rings. The van der Waals surface area contributed by atoms with Crippen LogP contribution in [0, 0.1) is 16.0 Å². The van der Waals surface area contributed by atoms with E-state index in [2.05, 4.69) is 0 Å². The van der Waals surface area contributed by atoms with E-state index in [0.717, 1.165) is 12.8 Å². The zero-order valence-electron chi connectivity index (χ0n) is 11.0. The van der Waals surface area contributed by atoms with E-state index < -0.39 is 10.9 Å². The van der Waals surface area contributed by atoms with Gasteiger partial charge in [-0.05, 0) is 24.8 Å². The lowest BCUT2D eigenvalue weighted by Crippen LogP contribution is -2.17. The van der Waals surface area contributed by atoms with Crippen molar-refractivity contribution in [3.63, 3.8) is 0 Å². The predicted molar refractivity (Wildman–Crippen MR) is 75.0 cm³/mol. The first kappa shape index (κ1) is 14.8. The molecule has 0 amide bonds. The van der Waals surface area contributed by atoms with E-state index in [1.807, 2.05) is 0 Å². The van der Waals surface area contributed by atoms with E-state index >= 15 is 0 Å². The van der Waals surface area contributed by atoms with Crippen LogP contribution in [0.5, 0.6) is 0 Å². The van der Waals surface area contributed by atoms with Crippen molar-refractivity contribution in [2.75, 3.05) is 6.61 Å². The summed E-state index contributed by atoms with van der Waals surface area (Å²) in [5.41, 5.74) is -0.226. The van der Waals surface area contributed by atoms with Gasteiger partial charge in [0.05, 0.1) is 17.1 Å². The molecular weight excluding hydrogens is 282 g/mol. The van der Waals surface area contributed by atoms with Crippen molar-refractivity contribution in [3.8, 4) is 0 Å². The number of carbonyl (C=O) groups is 1. The summed E-state index contributed by atoms with van der Waals surface area (Å²) < 4.78 is 5.24. The van der Waals surface area contributed by atoms with Gasteiger partial charge in [-0.1, -0.05) is 36.9 Å². The van der Waals surface area contributed by atoms with Crippen LogP contribution in [0.3, 0.4) is 0 Å². The Bertz CT molecular complexity index is 512. The molecule has 0 unspecified atom stereocenters. The number of nitro groups is 1. The number of nitrogens with zero attached hydrogens (tertiary/aromatic N) is 1. The minimum atomic E-state index is -0.611. The Kier molecular flexibility index (Phi) is 4.95. The van der Waals surface area contributed by atoms with Crippen molar-refractivity contribution < 1.29 is 14.5 Å². The summed E-state index contributed by atoms with van der Waals surface area (Å²) in [4.78, 5) is 22.1. The Morgan fingerprint density at radius 2 is 2.05 bits per heavy atom. The maximum atomic E-state index is 12.0.